The van der Waals surface area contributed by atoms with E-state index in [1.165, 1.54) is 25.7 Å². The Hall–Kier alpha value is -0.810. The second-order valence-corrected chi connectivity index (χ2v) is 7.83. The molecule has 1 aliphatic heterocycles. The van der Waals surface area contributed by atoms with E-state index in [-0.39, 0.29) is 6.09 Å². The minimum atomic E-state index is -0.420. The Balaban J connectivity index is 1.51. The maximum atomic E-state index is 12.0. The number of carbonyl (C=O) groups excluding carboxylic acids is 1. The van der Waals surface area contributed by atoms with Gasteiger partial charge in [0.25, 0.3) is 0 Å². The average Bonchev–Trinajstić information content (AvgIpc) is 2.99. The van der Waals surface area contributed by atoms with E-state index in [1.54, 1.807) is 4.90 Å². The van der Waals surface area contributed by atoms with Crippen molar-refractivity contribution in [3.8, 4) is 0 Å². The van der Waals surface area contributed by atoms with E-state index in [0.29, 0.717) is 6.10 Å². The van der Waals surface area contributed by atoms with Crippen LogP contribution in [0.25, 0.3) is 0 Å². The summed E-state index contributed by atoms with van der Waals surface area (Å²) in [4.78, 5) is 13.8. The van der Waals surface area contributed by atoms with Crippen LogP contribution in [0, 0.1) is 0 Å². The summed E-state index contributed by atoms with van der Waals surface area (Å²) in [6, 6.07) is 0.743. The molecule has 1 heterocycles. The van der Waals surface area contributed by atoms with Crippen molar-refractivity contribution in [2.24, 2.45) is 0 Å². The SMILES string of the molecule is CC(C)(C)OC(=O)N1CCC(OCCCNC2CCCC2)CC1. The van der Waals surface area contributed by atoms with Crippen molar-refractivity contribution < 1.29 is 14.3 Å². The highest BCUT2D eigenvalue weighted by Gasteiger charge is 2.27. The molecule has 1 N–H and O–H groups in total. The molecule has 2 fully saturated rings. The molecule has 5 heteroatoms. The molecule has 0 atom stereocenters. The standard InChI is InChI=1S/C18H34N2O3/c1-18(2,3)23-17(21)20-12-9-16(10-13-20)22-14-6-11-19-15-7-4-5-8-15/h15-16,19H,4-14H2,1-3H3. The molecule has 0 aromatic heterocycles. The Bertz CT molecular complexity index is 354. The molecular weight excluding hydrogens is 292 g/mol. The lowest BCUT2D eigenvalue weighted by molar-refractivity contribution is -0.0117. The van der Waals surface area contributed by atoms with Gasteiger partial charge in [0.15, 0.2) is 0 Å². The Morgan fingerprint density at radius 2 is 1.78 bits per heavy atom. The molecule has 134 valence electrons. The van der Waals surface area contributed by atoms with Crippen LogP contribution in [0.2, 0.25) is 0 Å². The molecule has 0 bridgehead atoms. The van der Waals surface area contributed by atoms with Gasteiger partial charge in [0.1, 0.15) is 5.60 Å². The van der Waals surface area contributed by atoms with Crippen LogP contribution in [-0.4, -0.2) is 55.0 Å². The van der Waals surface area contributed by atoms with Crippen molar-refractivity contribution in [1.82, 2.24) is 10.2 Å². The second-order valence-electron chi connectivity index (χ2n) is 7.83. The highest BCUT2D eigenvalue weighted by atomic mass is 16.6. The van der Waals surface area contributed by atoms with Gasteiger partial charge >= 0.3 is 6.09 Å². The third-order valence-electron chi connectivity index (χ3n) is 4.56. The summed E-state index contributed by atoms with van der Waals surface area (Å²) in [5.74, 6) is 0. The first-order chi connectivity index (χ1) is 10.9. The molecule has 0 radical (unpaired) electrons. The minimum Gasteiger partial charge on any atom is -0.444 e. The van der Waals surface area contributed by atoms with Crippen molar-refractivity contribution in [3.05, 3.63) is 0 Å². The maximum Gasteiger partial charge on any atom is 0.410 e. The fourth-order valence-corrected chi connectivity index (χ4v) is 3.29. The van der Waals surface area contributed by atoms with E-state index < -0.39 is 5.60 Å². The molecule has 0 aromatic carbocycles. The van der Waals surface area contributed by atoms with E-state index >= 15 is 0 Å². The first-order valence-electron chi connectivity index (χ1n) is 9.27. The summed E-state index contributed by atoms with van der Waals surface area (Å²) < 4.78 is 11.4. The van der Waals surface area contributed by atoms with Crippen molar-refractivity contribution >= 4 is 6.09 Å². The van der Waals surface area contributed by atoms with Crippen LogP contribution in [0.1, 0.15) is 65.7 Å². The Kier molecular flexibility index (Phi) is 7.15. The molecular formula is C18H34N2O3. The fraction of sp³-hybridized carbons (Fsp3) is 0.944. The molecule has 2 rings (SSSR count). The van der Waals surface area contributed by atoms with Crippen molar-refractivity contribution in [1.29, 1.82) is 0 Å². The number of hydrogen-bond acceptors (Lipinski definition) is 4. The zero-order valence-corrected chi connectivity index (χ0v) is 15.1. The van der Waals surface area contributed by atoms with E-state index in [9.17, 15) is 4.79 Å². The lowest BCUT2D eigenvalue weighted by Gasteiger charge is -2.33. The quantitative estimate of drug-likeness (QED) is 0.761. The van der Waals surface area contributed by atoms with Crippen molar-refractivity contribution in [2.75, 3.05) is 26.2 Å². The van der Waals surface area contributed by atoms with Gasteiger partial charge in [0.05, 0.1) is 6.10 Å². The molecule has 1 aliphatic carbocycles. The van der Waals surface area contributed by atoms with E-state index in [0.717, 1.165) is 51.5 Å². The van der Waals surface area contributed by atoms with E-state index in [4.69, 9.17) is 9.47 Å². The zero-order valence-electron chi connectivity index (χ0n) is 15.1. The summed E-state index contributed by atoms with van der Waals surface area (Å²) in [5, 5.41) is 3.61. The van der Waals surface area contributed by atoms with Gasteiger partial charge in [0, 0.05) is 25.7 Å². The first-order valence-corrected chi connectivity index (χ1v) is 9.27. The molecule has 1 amide bonds. The Morgan fingerprint density at radius 1 is 1.13 bits per heavy atom. The average molecular weight is 326 g/mol. The van der Waals surface area contributed by atoms with Gasteiger partial charge in [-0.15, -0.1) is 0 Å². The van der Waals surface area contributed by atoms with Crippen LogP contribution in [0.5, 0.6) is 0 Å². The molecule has 0 unspecified atom stereocenters. The molecule has 2 aliphatic rings. The lowest BCUT2D eigenvalue weighted by atomic mass is 10.1. The largest absolute Gasteiger partial charge is 0.444 e. The zero-order chi connectivity index (χ0) is 16.7. The minimum absolute atomic E-state index is 0.197. The van der Waals surface area contributed by atoms with Crippen molar-refractivity contribution in [3.63, 3.8) is 0 Å². The number of nitrogens with zero attached hydrogens (tertiary/aromatic N) is 1. The summed E-state index contributed by atoms with van der Waals surface area (Å²) in [6.07, 6.45) is 8.42. The number of piperidine rings is 1. The van der Waals surface area contributed by atoms with Gasteiger partial charge in [-0.05, 0) is 59.4 Å². The summed E-state index contributed by atoms with van der Waals surface area (Å²) >= 11 is 0. The molecule has 0 aromatic rings. The number of likely N-dealkylation sites (tertiary alicyclic amines) is 1. The molecule has 1 saturated carbocycles. The lowest BCUT2D eigenvalue weighted by Crippen LogP contribution is -2.43. The number of carbonyl (C=O) groups is 1. The number of hydrogen-bond donors (Lipinski definition) is 1. The smallest absolute Gasteiger partial charge is 0.410 e. The second kappa shape index (κ2) is 8.88. The van der Waals surface area contributed by atoms with Gasteiger partial charge < -0.3 is 19.7 Å². The van der Waals surface area contributed by atoms with Gasteiger partial charge in [-0.2, -0.15) is 0 Å². The summed E-state index contributed by atoms with van der Waals surface area (Å²) in [6.45, 7) is 9.05. The highest BCUT2D eigenvalue weighted by molar-refractivity contribution is 5.68. The summed E-state index contributed by atoms with van der Waals surface area (Å²) in [7, 11) is 0. The number of rotatable bonds is 6. The van der Waals surface area contributed by atoms with Crippen LogP contribution in [0.3, 0.4) is 0 Å². The predicted octanol–water partition coefficient (Wildman–Crippen LogP) is 3.32. The van der Waals surface area contributed by atoms with Gasteiger partial charge in [-0.3, -0.25) is 0 Å². The van der Waals surface area contributed by atoms with Crippen LogP contribution in [0.4, 0.5) is 4.79 Å². The third-order valence-corrected chi connectivity index (χ3v) is 4.56. The van der Waals surface area contributed by atoms with E-state index in [1.807, 2.05) is 20.8 Å². The fourth-order valence-electron chi connectivity index (χ4n) is 3.29. The van der Waals surface area contributed by atoms with Gasteiger partial charge in [-0.25, -0.2) is 4.79 Å². The Morgan fingerprint density at radius 3 is 2.39 bits per heavy atom. The highest BCUT2D eigenvalue weighted by Crippen LogP contribution is 2.18. The predicted molar refractivity (Wildman–Crippen MR) is 91.7 cm³/mol. The molecule has 5 nitrogen and oxygen atoms in total. The van der Waals surface area contributed by atoms with E-state index in [2.05, 4.69) is 5.32 Å². The van der Waals surface area contributed by atoms with Gasteiger partial charge in [-0.1, -0.05) is 12.8 Å². The topological polar surface area (TPSA) is 50.8 Å². The third kappa shape index (κ3) is 7.08. The molecule has 0 spiro atoms. The first kappa shape index (κ1) is 18.5. The molecule has 1 saturated heterocycles. The monoisotopic (exact) mass is 326 g/mol. The summed E-state index contributed by atoms with van der Waals surface area (Å²) in [5.41, 5.74) is -0.420. The Labute approximate surface area is 141 Å². The van der Waals surface area contributed by atoms with Crippen LogP contribution < -0.4 is 5.32 Å². The van der Waals surface area contributed by atoms with Crippen LogP contribution >= 0.6 is 0 Å². The number of amides is 1. The van der Waals surface area contributed by atoms with Crippen LogP contribution in [-0.2, 0) is 9.47 Å². The number of ether oxygens (including phenoxy) is 2. The maximum absolute atomic E-state index is 12.0. The number of nitrogens with one attached hydrogen (secondary N) is 1. The van der Waals surface area contributed by atoms with Crippen LogP contribution in [0.15, 0.2) is 0 Å². The normalized spacial score (nSPS) is 20.9. The molecule has 23 heavy (non-hydrogen) atoms. The van der Waals surface area contributed by atoms with Crippen molar-refractivity contribution in [2.45, 2.75) is 83.5 Å². The van der Waals surface area contributed by atoms with Gasteiger partial charge in [0.2, 0.25) is 0 Å².